The summed E-state index contributed by atoms with van der Waals surface area (Å²) < 4.78 is 5.10. The van der Waals surface area contributed by atoms with E-state index >= 15 is 0 Å². The molecule has 1 amide bonds. The maximum atomic E-state index is 12.1. The fraction of sp³-hybridized carbons (Fsp3) is 0.174. The SMILES string of the molecule is C=C(C)OC(=O)N1CC=C(c2cc3c(Nc4ccc5[nH]ncc5c4)ccnc3[nH]2)CC1. The highest BCUT2D eigenvalue weighted by Crippen LogP contribution is 2.31. The van der Waals surface area contributed by atoms with E-state index in [0.29, 0.717) is 18.8 Å². The highest BCUT2D eigenvalue weighted by molar-refractivity contribution is 5.95. The number of anilines is 2. The predicted octanol–water partition coefficient (Wildman–Crippen LogP) is 4.94. The van der Waals surface area contributed by atoms with Gasteiger partial charge in [-0.15, -0.1) is 0 Å². The molecule has 1 aliphatic rings. The number of pyridine rings is 1. The van der Waals surface area contributed by atoms with Crippen LogP contribution in [-0.2, 0) is 4.74 Å². The first-order valence-corrected chi connectivity index (χ1v) is 10.1. The van der Waals surface area contributed by atoms with E-state index in [9.17, 15) is 4.79 Å². The molecule has 0 aliphatic carbocycles. The van der Waals surface area contributed by atoms with Gasteiger partial charge in [-0.25, -0.2) is 9.78 Å². The molecule has 0 bridgehead atoms. The zero-order chi connectivity index (χ0) is 21.4. The lowest BCUT2D eigenvalue weighted by molar-refractivity contribution is 0.133. The number of carbonyl (C=O) groups is 1. The summed E-state index contributed by atoms with van der Waals surface area (Å²) in [5.74, 6) is 0.397. The second-order valence-electron chi connectivity index (χ2n) is 7.60. The largest absolute Gasteiger partial charge is 0.416 e. The molecular formula is C23H22N6O2. The Morgan fingerprint density at radius 1 is 1.29 bits per heavy atom. The lowest BCUT2D eigenvalue weighted by atomic mass is 10.0. The Kier molecular flexibility index (Phi) is 4.66. The molecule has 0 unspecified atom stereocenters. The van der Waals surface area contributed by atoms with Gasteiger partial charge in [-0.05, 0) is 49.2 Å². The smallest absolute Gasteiger partial charge is 0.415 e. The van der Waals surface area contributed by atoms with E-state index in [1.54, 1.807) is 18.0 Å². The average molecular weight is 414 g/mol. The summed E-state index contributed by atoms with van der Waals surface area (Å²) in [5, 5.41) is 12.6. The zero-order valence-corrected chi connectivity index (χ0v) is 17.1. The number of nitrogens with one attached hydrogen (secondary N) is 3. The lowest BCUT2D eigenvalue weighted by Gasteiger charge is -2.25. The summed E-state index contributed by atoms with van der Waals surface area (Å²) >= 11 is 0. The number of nitrogens with zero attached hydrogens (tertiary/aromatic N) is 3. The van der Waals surface area contributed by atoms with Gasteiger partial charge in [0.25, 0.3) is 0 Å². The molecule has 4 aromatic rings. The van der Waals surface area contributed by atoms with E-state index in [4.69, 9.17) is 4.74 Å². The number of aromatic amines is 2. The molecule has 0 fully saturated rings. The zero-order valence-electron chi connectivity index (χ0n) is 17.1. The predicted molar refractivity (Wildman–Crippen MR) is 121 cm³/mol. The van der Waals surface area contributed by atoms with E-state index in [1.165, 1.54) is 0 Å². The number of aromatic nitrogens is 4. The first-order valence-electron chi connectivity index (χ1n) is 10.1. The molecule has 8 heteroatoms. The van der Waals surface area contributed by atoms with Crippen LogP contribution in [0.5, 0.6) is 0 Å². The minimum Gasteiger partial charge on any atom is -0.416 e. The molecular weight excluding hydrogens is 392 g/mol. The molecule has 0 saturated carbocycles. The van der Waals surface area contributed by atoms with Crippen LogP contribution in [-0.4, -0.2) is 44.2 Å². The summed E-state index contributed by atoms with van der Waals surface area (Å²) in [6.45, 7) is 6.38. The maximum Gasteiger partial charge on any atom is 0.415 e. The number of fused-ring (bicyclic) bond motifs is 2. The summed E-state index contributed by atoms with van der Waals surface area (Å²) in [7, 11) is 0. The molecule has 156 valence electrons. The molecule has 0 radical (unpaired) electrons. The Labute approximate surface area is 178 Å². The monoisotopic (exact) mass is 414 g/mol. The standard InChI is InChI=1S/C23H22N6O2/c1-14(2)31-23(30)29-9-6-15(7-10-29)21-12-18-20(5-8-24-22(18)27-21)26-17-3-4-19-16(11-17)13-25-28-19/h3-6,8,11-13H,1,7,9-10H2,2H3,(H,25,28)(H2,24,26,27). The second kappa shape index (κ2) is 7.64. The Hall–Kier alpha value is -4.07. The molecule has 4 heterocycles. The third-order valence-electron chi connectivity index (χ3n) is 5.33. The van der Waals surface area contributed by atoms with Crippen LogP contribution in [0.25, 0.3) is 27.5 Å². The van der Waals surface area contributed by atoms with Gasteiger partial charge >= 0.3 is 6.09 Å². The maximum absolute atomic E-state index is 12.1. The quantitative estimate of drug-likeness (QED) is 0.411. The number of allylic oxidation sites excluding steroid dienone is 1. The van der Waals surface area contributed by atoms with Crippen molar-refractivity contribution < 1.29 is 9.53 Å². The Bertz CT molecular complexity index is 1330. The fourth-order valence-electron chi connectivity index (χ4n) is 3.78. The molecule has 8 nitrogen and oxygen atoms in total. The summed E-state index contributed by atoms with van der Waals surface area (Å²) in [6, 6.07) is 10.1. The van der Waals surface area contributed by atoms with Gasteiger partial charge in [0, 0.05) is 41.4 Å². The van der Waals surface area contributed by atoms with Gasteiger partial charge in [0.15, 0.2) is 0 Å². The van der Waals surface area contributed by atoms with E-state index in [-0.39, 0.29) is 6.09 Å². The highest BCUT2D eigenvalue weighted by atomic mass is 16.6. The number of rotatable bonds is 4. The number of benzene rings is 1. The van der Waals surface area contributed by atoms with Crippen molar-refractivity contribution in [2.45, 2.75) is 13.3 Å². The van der Waals surface area contributed by atoms with E-state index in [0.717, 1.165) is 51.0 Å². The van der Waals surface area contributed by atoms with Crippen LogP contribution >= 0.6 is 0 Å². The van der Waals surface area contributed by atoms with Crippen molar-refractivity contribution in [3.8, 4) is 0 Å². The molecule has 0 saturated heterocycles. The lowest BCUT2D eigenvalue weighted by Crippen LogP contribution is -2.34. The molecule has 0 atom stereocenters. The summed E-state index contributed by atoms with van der Waals surface area (Å²) in [4.78, 5) is 21.6. The van der Waals surface area contributed by atoms with Crippen LogP contribution < -0.4 is 5.32 Å². The van der Waals surface area contributed by atoms with Gasteiger partial charge in [0.2, 0.25) is 0 Å². The number of hydrogen-bond acceptors (Lipinski definition) is 5. The van der Waals surface area contributed by atoms with Crippen molar-refractivity contribution in [1.82, 2.24) is 25.1 Å². The number of H-pyrrole nitrogens is 2. The average Bonchev–Trinajstić information content (AvgIpc) is 3.40. The van der Waals surface area contributed by atoms with Crippen LogP contribution in [0, 0.1) is 0 Å². The van der Waals surface area contributed by atoms with Gasteiger partial charge < -0.3 is 19.9 Å². The van der Waals surface area contributed by atoms with Crippen molar-refractivity contribution in [2.75, 3.05) is 18.4 Å². The van der Waals surface area contributed by atoms with Gasteiger partial charge in [-0.2, -0.15) is 5.10 Å². The van der Waals surface area contributed by atoms with Crippen molar-refractivity contribution in [3.63, 3.8) is 0 Å². The first kappa shape index (κ1) is 18.9. The first-order chi connectivity index (χ1) is 15.1. The number of carbonyl (C=O) groups excluding carboxylic acids is 1. The number of hydrogen-bond donors (Lipinski definition) is 3. The summed E-state index contributed by atoms with van der Waals surface area (Å²) in [6.07, 6.45) is 6.02. The minimum atomic E-state index is -0.359. The van der Waals surface area contributed by atoms with E-state index in [1.807, 2.05) is 30.5 Å². The van der Waals surface area contributed by atoms with Crippen LogP contribution in [0.3, 0.4) is 0 Å². The molecule has 31 heavy (non-hydrogen) atoms. The van der Waals surface area contributed by atoms with Crippen molar-refractivity contribution in [1.29, 1.82) is 0 Å². The third-order valence-corrected chi connectivity index (χ3v) is 5.33. The molecule has 0 spiro atoms. The molecule has 3 N–H and O–H groups in total. The van der Waals surface area contributed by atoms with Crippen LogP contribution in [0.1, 0.15) is 19.0 Å². The van der Waals surface area contributed by atoms with Crippen LogP contribution in [0.2, 0.25) is 0 Å². The van der Waals surface area contributed by atoms with Crippen molar-refractivity contribution in [2.24, 2.45) is 0 Å². The van der Waals surface area contributed by atoms with Gasteiger partial charge in [-0.3, -0.25) is 5.10 Å². The molecule has 1 aromatic carbocycles. The van der Waals surface area contributed by atoms with E-state index < -0.39 is 0 Å². The second-order valence-corrected chi connectivity index (χ2v) is 7.60. The number of amides is 1. The molecule has 5 rings (SSSR count). The van der Waals surface area contributed by atoms with Gasteiger partial charge in [0.1, 0.15) is 5.65 Å². The van der Waals surface area contributed by atoms with E-state index in [2.05, 4.69) is 44.2 Å². The number of ether oxygens (including phenoxy) is 1. The highest BCUT2D eigenvalue weighted by Gasteiger charge is 2.20. The van der Waals surface area contributed by atoms with Crippen LogP contribution in [0.4, 0.5) is 16.2 Å². The fourth-order valence-corrected chi connectivity index (χ4v) is 3.78. The van der Waals surface area contributed by atoms with Gasteiger partial charge in [-0.1, -0.05) is 12.7 Å². The Morgan fingerprint density at radius 3 is 3.00 bits per heavy atom. The van der Waals surface area contributed by atoms with Crippen LogP contribution in [0.15, 0.2) is 61.1 Å². The molecule has 3 aromatic heterocycles. The minimum absolute atomic E-state index is 0.359. The van der Waals surface area contributed by atoms with Crippen molar-refractivity contribution >= 4 is 45.0 Å². The molecule has 1 aliphatic heterocycles. The van der Waals surface area contributed by atoms with Crippen molar-refractivity contribution in [3.05, 3.63) is 66.8 Å². The Morgan fingerprint density at radius 2 is 2.19 bits per heavy atom. The topological polar surface area (TPSA) is 98.9 Å². The third kappa shape index (κ3) is 3.75. The summed E-state index contributed by atoms with van der Waals surface area (Å²) in [5.41, 5.74) is 5.93. The van der Waals surface area contributed by atoms with Gasteiger partial charge in [0.05, 0.1) is 23.2 Å². The normalized spacial score (nSPS) is 14.0. The Balaban J connectivity index is 1.39.